The zero-order chi connectivity index (χ0) is 14.7. The molecule has 1 aromatic rings. The molecule has 1 saturated heterocycles. The summed E-state index contributed by atoms with van der Waals surface area (Å²) in [6, 6.07) is 7.59. The lowest BCUT2D eigenvalue weighted by Gasteiger charge is -2.36. The molecule has 0 bridgehead atoms. The maximum Gasteiger partial charge on any atom is 0.322 e. The molecule has 1 fully saturated rings. The van der Waals surface area contributed by atoms with Gasteiger partial charge in [-0.3, -0.25) is 0 Å². The van der Waals surface area contributed by atoms with E-state index in [0.717, 1.165) is 30.6 Å². The van der Waals surface area contributed by atoms with E-state index in [0.29, 0.717) is 5.92 Å². The molecule has 0 radical (unpaired) electrons. The summed E-state index contributed by atoms with van der Waals surface area (Å²) in [6.07, 6.45) is 1.65. The van der Waals surface area contributed by atoms with Crippen LogP contribution in [0.5, 0.6) is 0 Å². The number of hydrogen-bond acceptors (Lipinski definition) is 2. The third kappa shape index (κ3) is 3.51. The van der Waals surface area contributed by atoms with Crippen molar-refractivity contribution in [1.29, 1.82) is 0 Å². The van der Waals surface area contributed by atoms with Crippen molar-refractivity contribution in [1.82, 2.24) is 4.90 Å². The van der Waals surface area contributed by atoms with Gasteiger partial charge in [0.15, 0.2) is 0 Å². The van der Waals surface area contributed by atoms with Crippen LogP contribution in [0, 0.1) is 5.92 Å². The topological polar surface area (TPSA) is 52.6 Å². The molecule has 1 aliphatic rings. The number of nitrogens with zero attached hydrogens (tertiary/aromatic N) is 1. The normalized spacial score (nSPS) is 24.3. The highest BCUT2D eigenvalue weighted by Crippen LogP contribution is 2.23. The number of anilines is 1. The molecule has 110 valence electrons. The van der Waals surface area contributed by atoms with Gasteiger partial charge in [0, 0.05) is 18.3 Å². The summed E-state index contributed by atoms with van der Waals surface area (Å²) in [5.74, 6) is 0.694. The molecule has 2 amide bonds. The summed E-state index contributed by atoms with van der Waals surface area (Å²) in [7, 11) is 0. The fourth-order valence-corrected chi connectivity index (χ4v) is 2.75. The van der Waals surface area contributed by atoms with Crippen LogP contribution in [-0.4, -0.2) is 28.6 Å². The van der Waals surface area contributed by atoms with Crippen LogP contribution in [0.2, 0.25) is 0 Å². The molecule has 2 rings (SSSR count). The van der Waals surface area contributed by atoms with Crippen LogP contribution in [0.4, 0.5) is 10.5 Å². The zero-order valence-electron chi connectivity index (χ0n) is 12.5. The summed E-state index contributed by atoms with van der Waals surface area (Å²) in [6.45, 7) is 6.89. The average Bonchev–Trinajstić information content (AvgIpc) is 2.39. The van der Waals surface area contributed by atoms with E-state index in [2.05, 4.69) is 19.2 Å². The highest BCUT2D eigenvalue weighted by Gasteiger charge is 2.26. The maximum atomic E-state index is 12.3. The van der Waals surface area contributed by atoms with E-state index in [1.165, 1.54) is 0 Å². The molecule has 20 heavy (non-hydrogen) atoms. The first-order chi connectivity index (χ1) is 9.47. The molecular formula is C16H24N2O2. The number of benzene rings is 1. The van der Waals surface area contributed by atoms with Gasteiger partial charge in [0.1, 0.15) is 0 Å². The molecule has 4 heteroatoms. The standard InChI is InChI=1S/C16H24N2O2/c1-11-8-9-18(12(2)10-11)16(20)17-15-6-4-14(5-7-15)13(3)19/h4-7,11-13,19H,8-10H2,1-3H3,(H,17,20). The Kier molecular flexibility index (Phi) is 4.65. The molecule has 1 aliphatic heterocycles. The van der Waals surface area contributed by atoms with Gasteiger partial charge in [-0.2, -0.15) is 0 Å². The van der Waals surface area contributed by atoms with Gasteiger partial charge in [0.25, 0.3) is 0 Å². The average molecular weight is 276 g/mol. The Bertz CT molecular complexity index is 456. The first-order valence-electron chi connectivity index (χ1n) is 7.33. The van der Waals surface area contributed by atoms with Gasteiger partial charge in [-0.05, 0) is 50.3 Å². The smallest absolute Gasteiger partial charge is 0.322 e. The second-order valence-electron chi connectivity index (χ2n) is 5.90. The highest BCUT2D eigenvalue weighted by molar-refractivity contribution is 5.89. The van der Waals surface area contributed by atoms with Crippen molar-refractivity contribution in [2.45, 2.75) is 45.8 Å². The Hall–Kier alpha value is -1.55. The van der Waals surface area contributed by atoms with Gasteiger partial charge in [0.2, 0.25) is 0 Å². The van der Waals surface area contributed by atoms with Crippen molar-refractivity contribution in [3.8, 4) is 0 Å². The van der Waals surface area contributed by atoms with Crippen molar-refractivity contribution in [2.24, 2.45) is 5.92 Å². The Labute approximate surface area is 120 Å². The Morgan fingerprint density at radius 1 is 1.35 bits per heavy atom. The van der Waals surface area contributed by atoms with Crippen LogP contribution in [-0.2, 0) is 0 Å². The third-order valence-corrected chi connectivity index (χ3v) is 4.04. The third-order valence-electron chi connectivity index (χ3n) is 4.04. The van der Waals surface area contributed by atoms with Crippen molar-refractivity contribution in [3.05, 3.63) is 29.8 Å². The molecule has 2 N–H and O–H groups in total. The number of rotatable bonds is 2. The minimum Gasteiger partial charge on any atom is -0.389 e. The van der Waals surface area contributed by atoms with E-state index in [9.17, 15) is 9.90 Å². The van der Waals surface area contributed by atoms with Crippen LogP contribution in [0.1, 0.15) is 45.3 Å². The van der Waals surface area contributed by atoms with Gasteiger partial charge in [-0.1, -0.05) is 19.1 Å². The van der Waals surface area contributed by atoms with Crippen LogP contribution in [0.3, 0.4) is 0 Å². The maximum absolute atomic E-state index is 12.3. The van der Waals surface area contributed by atoms with E-state index < -0.39 is 6.10 Å². The van der Waals surface area contributed by atoms with Crippen molar-refractivity contribution in [2.75, 3.05) is 11.9 Å². The lowest BCUT2D eigenvalue weighted by atomic mass is 9.94. The van der Waals surface area contributed by atoms with E-state index in [1.54, 1.807) is 6.92 Å². The number of carbonyl (C=O) groups excluding carboxylic acids is 1. The predicted octanol–water partition coefficient (Wildman–Crippen LogP) is 3.39. The Morgan fingerprint density at radius 2 is 2.00 bits per heavy atom. The summed E-state index contributed by atoms with van der Waals surface area (Å²) in [5.41, 5.74) is 1.62. The first kappa shape index (κ1) is 14.9. The zero-order valence-corrected chi connectivity index (χ0v) is 12.5. The second-order valence-corrected chi connectivity index (χ2v) is 5.90. The summed E-state index contributed by atoms with van der Waals surface area (Å²) in [5, 5.41) is 12.4. The van der Waals surface area contributed by atoms with E-state index >= 15 is 0 Å². The molecule has 3 unspecified atom stereocenters. The quantitative estimate of drug-likeness (QED) is 0.870. The second kappa shape index (κ2) is 6.27. The molecule has 0 saturated carbocycles. The molecule has 0 spiro atoms. The number of amides is 2. The fourth-order valence-electron chi connectivity index (χ4n) is 2.75. The number of piperidine rings is 1. The monoisotopic (exact) mass is 276 g/mol. The number of nitrogens with one attached hydrogen (secondary N) is 1. The van der Waals surface area contributed by atoms with Crippen LogP contribution >= 0.6 is 0 Å². The summed E-state index contributed by atoms with van der Waals surface area (Å²) in [4.78, 5) is 14.2. The minimum atomic E-state index is -0.483. The van der Waals surface area contributed by atoms with Crippen molar-refractivity contribution < 1.29 is 9.90 Å². The van der Waals surface area contributed by atoms with E-state index in [-0.39, 0.29) is 12.1 Å². The van der Waals surface area contributed by atoms with Gasteiger partial charge in [-0.25, -0.2) is 4.79 Å². The van der Waals surface area contributed by atoms with Crippen LogP contribution in [0.15, 0.2) is 24.3 Å². The van der Waals surface area contributed by atoms with Crippen molar-refractivity contribution >= 4 is 11.7 Å². The Balaban J connectivity index is 1.97. The SMILES string of the molecule is CC1CCN(C(=O)Nc2ccc(C(C)O)cc2)C(C)C1. The van der Waals surface area contributed by atoms with Crippen LogP contribution in [0.25, 0.3) is 0 Å². The fraction of sp³-hybridized carbons (Fsp3) is 0.562. The molecule has 1 aromatic carbocycles. The summed E-state index contributed by atoms with van der Waals surface area (Å²) < 4.78 is 0. The number of aliphatic hydroxyl groups excluding tert-OH is 1. The summed E-state index contributed by atoms with van der Waals surface area (Å²) >= 11 is 0. The van der Waals surface area contributed by atoms with Gasteiger partial charge in [0.05, 0.1) is 6.10 Å². The number of aliphatic hydroxyl groups is 1. The van der Waals surface area contributed by atoms with Gasteiger partial charge < -0.3 is 15.3 Å². The van der Waals surface area contributed by atoms with Crippen LogP contribution < -0.4 is 5.32 Å². The molecule has 0 aliphatic carbocycles. The minimum absolute atomic E-state index is 0.0332. The lowest BCUT2D eigenvalue weighted by molar-refractivity contribution is 0.150. The van der Waals surface area contributed by atoms with Crippen molar-refractivity contribution in [3.63, 3.8) is 0 Å². The molecular weight excluding hydrogens is 252 g/mol. The van der Waals surface area contributed by atoms with Gasteiger partial charge >= 0.3 is 6.03 Å². The van der Waals surface area contributed by atoms with E-state index in [4.69, 9.17) is 0 Å². The van der Waals surface area contributed by atoms with E-state index in [1.807, 2.05) is 29.2 Å². The number of urea groups is 1. The Morgan fingerprint density at radius 3 is 2.55 bits per heavy atom. The van der Waals surface area contributed by atoms with Gasteiger partial charge in [-0.15, -0.1) is 0 Å². The predicted molar refractivity (Wildman–Crippen MR) is 80.7 cm³/mol. The number of likely N-dealkylation sites (tertiary alicyclic amines) is 1. The molecule has 1 heterocycles. The molecule has 4 nitrogen and oxygen atoms in total. The lowest BCUT2D eigenvalue weighted by Crippen LogP contribution is -2.46. The first-order valence-corrected chi connectivity index (χ1v) is 7.33. The number of carbonyl (C=O) groups is 1. The largest absolute Gasteiger partial charge is 0.389 e. The molecule has 3 atom stereocenters. The highest BCUT2D eigenvalue weighted by atomic mass is 16.3. The number of hydrogen-bond donors (Lipinski definition) is 2. The molecule has 0 aromatic heterocycles.